The minimum atomic E-state index is -5.10. The van der Waals surface area contributed by atoms with Gasteiger partial charge in [0, 0.05) is 36.8 Å². The highest BCUT2D eigenvalue weighted by Gasteiger charge is 2.42. The highest BCUT2D eigenvalue weighted by atomic mass is 19.4. The summed E-state index contributed by atoms with van der Waals surface area (Å²) in [6, 6.07) is 6.59. The Morgan fingerprint density at radius 2 is 1.73 bits per heavy atom. The van der Waals surface area contributed by atoms with Crippen molar-refractivity contribution in [3.8, 4) is 11.3 Å². The molecular formula is C22H19F6N5O4. The average Bonchev–Trinajstić information content (AvgIpc) is 3.30. The third-order valence-electron chi connectivity index (χ3n) is 5.17. The molecule has 1 aromatic carbocycles. The first-order valence-electron chi connectivity index (χ1n) is 10.7. The molecule has 3 rings (SSSR count). The van der Waals surface area contributed by atoms with Crippen molar-refractivity contribution in [1.82, 2.24) is 15.0 Å². The molecule has 9 nitrogen and oxygen atoms in total. The van der Waals surface area contributed by atoms with Crippen molar-refractivity contribution in [2.75, 3.05) is 25.0 Å². The molecule has 1 N–H and O–H groups in total. The summed E-state index contributed by atoms with van der Waals surface area (Å²) >= 11 is 0. The van der Waals surface area contributed by atoms with Gasteiger partial charge < -0.3 is 14.7 Å². The molecule has 0 unspecified atom stereocenters. The molecule has 0 saturated heterocycles. The maximum atomic E-state index is 13.1. The average molecular weight is 531 g/mol. The van der Waals surface area contributed by atoms with Crippen LogP contribution in [0.15, 0.2) is 53.3 Å². The molecule has 0 aliphatic rings. The zero-order chi connectivity index (χ0) is 27.2. The van der Waals surface area contributed by atoms with Gasteiger partial charge in [-0.25, -0.2) is 4.98 Å². The largest absolute Gasteiger partial charge is 0.471 e. The van der Waals surface area contributed by atoms with E-state index in [1.807, 2.05) is 0 Å². The molecule has 37 heavy (non-hydrogen) atoms. The van der Waals surface area contributed by atoms with Crippen LogP contribution in [-0.4, -0.2) is 51.7 Å². The van der Waals surface area contributed by atoms with Crippen LogP contribution in [0.25, 0.3) is 11.3 Å². The molecule has 0 radical (unpaired) electrons. The van der Waals surface area contributed by atoms with E-state index in [-0.39, 0.29) is 49.7 Å². The van der Waals surface area contributed by atoms with Crippen LogP contribution in [0.4, 0.5) is 37.8 Å². The predicted octanol–water partition coefficient (Wildman–Crippen LogP) is 5.10. The minimum Gasteiger partial charge on any atom is -0.368 e. The highest BCUT2D eigenvalue weighted by molar-refractivity contribution is 5.81. The van der Waals surface area contributed by atoms with E-state index in [1.165, 1.54) is 30.5 Å². The standard InChI is InChI=1S/C22H19F6N5O4/c23-21(24,25)16-5-3-14(4-6-16)19-15(12-31-37-19)2-1-10-32(20(34)22(26,27)28)11-9-29-18-8-7-17(13-30-18)33(35)36/h3-8,12-13H,1-2,9-11H2,(H,29,30). The number of amides is 1. The van der Waals surface area contributed by atoms with Gasteiger partial charge in [-0.1, -0.05) is 17.3 Å². The van der Waals surface area contributed by atoms with Gasteiger partial charge in [0.25, 0.3) is 5.69 Å². The van der Waals surface area contributed by atoms with Crippen molar-refractivity contribution in [1.29, 1.82) is 0 Å². The SMILES string of the molecule is O=C(N(CCCc1cnoc1-c1ccc(C(F)(F)F)cc1)CCNc1ccc([N+](=O)[O-])cn1)C(F)(F)F. The number of carbonyl (C=O) groups excluding carboxylic acids is 1. The second-order valence-electron chi connectivity index (χ2n) is 7.73. The predicted molar refractivity (Wildman–Crippen MR) is 117 cm³/mol. The molecule has 2 aromatic heterocycles. The number of hydrogen-bond acceptors (Lipinski definition) is 7. The van der Waals surface area contributed by atoms with Crippen molar-refractivity contribution in [3.05, 3.63) is 70.0 Å². The summed E-state index contributed by atoms with van der Waals surface area (Å²) < 4.78 is 82.7. The van der Waals surface area contributed by atoms with Crippen LogP contribution in [0.3, 0.4) is 0 Å². The summed E-state index contributed by atoms with van der Waals surface area (Å²) in [5.74, 6) is -1.69. The van der Waals surface area contributed by atoms with Gasteiger partial charge in [-0.3, -0.25) is 14.9 Å². The summed E-state index contributed by atoms with van der Waals surface area (Å²) in [4.78, 5) is 26.3. The molecule has 0 spiro atoms. The lowest BCUT2D eigenvalue weighted by Gasteiger charge is -2.24. The maximum absolute atomic E-state index is 13.1. The number of nitrogens with one attached hydrogen (secondary N) is 1. The minimum absolute atomic E-state index is 0.0758. The van der Waals surface area contributed by atoms with Crippen LogP contribution in [-0.2, 0) is 17.4 Å². The Morgan fingerprint density at radius 3 is 2.30 bits per heavy atom. The summed E-state index contributed by atoms with van der Waals surface area (Å²) in [6.45, 7) is -0.742. The van der Waals surface area contributed by atoms with E-state index in [2.05, 4.69) is 15.5 Å². The first-order valence-corrected chi connectivity index (χ1v) is 10.7. The molecule has 0 aliphatic carbocycles. The second kappa shape index (κ2) is 11.3. The molecule has 0 atom stereocenters. The number of benzene rings is 1. The number of hydrogen-bond donors (Lipinski definition) is 1. The zero-order valence-corrected chi connectivity index (χ0v) is 18.8. The summed E-state index contributed by atoms with van der Waals surface area (Å²) in [6.07, 6.45) is -7.11. The number of aromatic nitrogens is 2. The van der Waals surface area contributed by atoms with Crippen molar-refractivity contribution >= 4 is 17.4 Å². The van der Waals surface area contributed by atoms with Crippen molar-refractivity contribution in [2.24, 2.45) is 0 Å². The van der Waals surface area contributed by atoms with E-state index in [4.69, 9.17) is 4.52 Å². The maximum Gasteiger partial charge on any atom is 0.471 e. The van der Waals surface area contributed by atoms with Crippen molar-refractivity contribution < 1.29 is 40.6 Å². The number of carbonyl (C=O) groups is 1. The van der Waals surface area contributed by atoms with Gasteiger partial charge in [0.05, 0.1) is 16.7 Å². The van der Waals surface area contributed by atoms with E-state index in [0.29, 0.717) is 16.0 Å². The summed E-state index contributed by atoms with van der Waals surface area (Å²) in [5, 5.41) is 17.0. The second-order valence-corrected chi connectivity index (χ2v) is 7.73. The zero-order valence-electron chi connectivity index (χ0n) is 18.8. The Kier molecular flexibility index (Phi) is 8.35. The molecule has 0 bridgehead atoms. The lowest BCUT2D eigenvalue weighted by atomic mass is 10.0. The number of nitrogens with zero attached hydrogens (tertiary/aromatic N) is 4. The van der Waals surface area contributed by atoms with Crippen LogP contribution in [0, 0.1) is 10.1 Å². The van der Waals surface area contributed by atoms with Gasteiger partial charge in [-0.2, -0.15) is 26.3 Å². The van der Waals surface area contributed by atoms with E-state index >= 15 is 0 Å². The quantitative estimate of drug-likeness (QED) is 0.220. The molecule has 0 aliphatic heterocycles. The lowest BCUT2D eigenvalue weighted by Crippen LogP contribution is -2.44. The molecule has 198 valence electrons. The number of nitro groups is 1. The third-order valence-corrected chi connectivity index (χ3v) is 5.17. The first kappa shape index (κ1) is 27.4. The monoisotopic (exact) mass is 531 g/mol. The van der Waals surface area contributed by atoms with E-state index in [1.54, 1.807) is 0 Å². The van der Waals surface area contributed by atoms with Crippen LogP contribution in [0.2, 0.25) is 0 Å². The van der Waals surface area contributed by atoms with Gasteiger partial charge in [-0.15, -0.1) is 0 Å². The fourth-order valence-electron chi connectivity index (χ4n) is 3.36. The van der Waals surface area contributed by atoms with E-state index in [0.717, 1.165) is 18.3 Å². The van der Waals surface area contributed by atoms with E-state index in [9.17, 15) is 41.3 Å². The van der Waals surface area contributed by atoms with Crippen LogP contribution >= 0.6 is 0 Å². The van der Waals surface area contributed by atoms with E-state index < -0.39 is 28.7 Å². The Labute approximate surface area is 205 Å². The number of pyridine rings is 1. The number of rotatable bonds is 10. The Balaban J connectivity index is 1.61. The van der Waals surface area contributed by atoms with Crippen LogP contribution < -0.4 is 5.32 Å². The Hall–Kier alpha value is -4.17. The fourth-order valence-corrected chi connectivity index (χ4v) is 3.36. The van der Waals surface area contributed by atoms with Crippen molar-refractivity contribution in [3.63, 3.8) is 0 Å². The number of alkyl halides is 6. The van der Waals surface area contributed by atoms with Crippen LogP contribution in [0.1, 0.15) is 17.5 Å². The highest BCUT2D eigenvalue weighted by Crippen LogP contribution is 2.32. The topological polar surface area (TPSA) is 114 Å². The normalized spacial score (nSPS) is 11.8. The van der Waals surface area contributed by atoms with Gasteiger partial charge in [0.2, 0.25) is 0 Å². The number of anilines is 1. The lowest BCUT2D eigenvalue weighted by molar-refractivity contribution is -0.385. The smallest absolute Gasteiger partial charge is 0.368 e. The summed E-state index contributed by atoms with van der Waals surface area (Å²) in [5.41, 5.74) is -0.351. The number of aryl methyl sites for hydroxylation is 1. The third kappa shape index (κ3) is 7.41. The molecule has 2 heterocycles. The van der Waals surface area contributed by atoms with Crippen molar-refractivity contribution in [2.45, 2.75) is 25.2 Å². The van der Waals surface area contributed by atoms with Gasteiger partial charge in [0.1, 0.15) is 12.0 Å². The summed E-state index contributed by atoms with van der Waals surface area (Å²) in [7, 11) is 0. The Bertz CT molecular complexity index is 1210. The van der Waals surface area contributed by atoms with Gasteiger partial charge >= 0.3 is 18.3 Å². The molecule has 0 saturated carbocycles. The number of halogens is 6. The molecule has 1 amide bonds. The molecule has 3 aromatic rings. The Morgan fingerprint density at radius 1 is 1.03 bits per heavy atom. The molecular weight excluding hydrogens is 512 g/mol. The van der Waals surface area contributed by atoms with Gasteiger partial charge in [-0.05, 0) is 31.0 Å². The molecule has 15 heteroatoms. The van der Waals surface area contributed by atoms with Crippen LogP contribution in [0.5, 0.6) is 0 Å². The first-order chi connectivity index (χ1) is 17.4. The fraction of sp³-hybridized carbons (Fsp3) is 0.318. The van der Waals surface area contributed by atoms with Gasteiger partial charge in [0.15, 0.2) is 5.76 Å². The molecule has 0 fully saturated rings.